The quantitative estimate of drug-likeness (QED) is 0.0843. The van der Waals surface area contributed by atoms with E-state index in [2.05, 4.69) is 58.1 Å². The minimum absolute atomic E-state index is 0.0284. The number of ether oxygens (including phenoxy) is 2. The van der Waals surface area contributed by atoms with Gasteiger partial charge in [0.05, 0.1) is 80.8 Å². The van der Waals surface area contributed by atoms with Crippen molar-refractivity contribution in [1.82, 2.24) is 26.3 Å². The Labute approximate surface area is 456 Å². The number of halogens is 2. The number of carbonyl (C=O) groups is 6. The molecule has 0 bridgehead atoms. The molecule has 76 heavy (non-hydrogen) atoms. The van der Waals surface area contributed by atoms with Crippen LogP contribution in [0.2, 0.25) is 0 Å². The van der Waals surface area contributed by atoms with Gasteiger partial charge in [-0.05, 0) is 122 Å². The number of para-hydroxylation sites is 4. The number of nitrogens with zero attached hydrogens (tertiary/aromatic N) is 5. The van der Waals surface area contributed by atoms with Crippen LogP contribution in [0.4, 0.5) is 22.7 Å². The number of fused-ring (bicyclic) bond motifs is 4. The molecule has 0 spiro atoms. The van der Waals surface area contributed by atoms with E-state index in [0.29, 0.717) is 34.2 Å². The number of methoxy groups -OCH3 is 2. The summed E-state index contributed by atoms with van der Waals surface area (Å²) in [6.07, 6.45) is 1.29. The first-order chi connectivity index (χ1) is 36.6. The van der Waals surface area contributed by atoms with E-state index in [9.17, 15) is 24.0 Å². The number of hydrogen-bond donors (Lipinski definition) is 4. The highest BCUT2D eigenvalue weighted by atomic mass is 79.9. The van der Waals surface area contributed by atoms with E-state index in [0.717, 1.165) is 41.6 Å². The van der Waals surface area contributed by atoms with Crippen molar-refractivity contribution in [3.8, 4) is 11.5 Å². The molecule has 390 valence electrons. The lowest BCUT2D eigenvalue weighted by atomic mass is 10.0. The van der Waals surface area contributed by atoms with E-state index in [1.165, 1.54) is 28.1 Å². The average molecular weight is 1150 g/mol. The predicted octanol–water partition coefficient (Wildman–Crippen LogP) is 7.50. The summed E-state index contributed by atoms with van der Waals surface area (Å²) in [4.78, 5) is 97.6. The maximum Gasteiger partial charge on any atom is 0.277 e. The van der Waals surface area contributed by atoms with Gasteiger partial charge in [0.25, 0.3) is 23.6 Å². The Morgan fingerprint density at radius 3 is 1.43 bits per heavy atom. The monoisotopic (exact) mass is 1150 g/mol. The molecule has 3 heterocycles. The van der Waals surface area contributed by atoms with Crippen molar-refractivity contribution in [2.75, 3.05) is 61.0 Å². The van der Waals surface area contributed by atoms with Crippen molar-refractivity contribution in [2.45, 2.75) is 51.1 Å². The lowest BCUT2D eigenvalue weighted by Crippen LogP contribution is -2.55. The van der Waals surface area contributed by atoms with Crippen LogP contribution in [0.1, 0.15) is 45.8 Å². The van der Waals surface area contributed by atoms with Crippen LogP contribution in [-0.2, 0) is 32.3 Å². The van der Waals surface area contributed by atoms with E-state index in [4.69, 9.17) is 9.47 Å². The third-order valence-electron chi connectivity index (χ3n) is 14.0. The van der Waals surface area contributed by atoms with Gasteiger partial charge in [-0.1, -0.05) is 80.4 Å². The zero-order valence-electron chi connectivity index (χ0n) is 42.5. The number of anilines is 4. The summed E-state index contributed by atoms with van der Waals surface area (Å²) in [6.45, 7) is 2.89. The number of hydrogen-bond acceptors (Lipinski definition) is 11. The first-order valence-corrected chi connectivity index (χ1v) is 26.1. The van der Waals surface area contributed by atoms with Crippen molar-refractivity contribution in [2.24, 2.45) is 0 Å². The fourth-order valence-electron chi connectivity index (χ4n) is 9.61. The Hall–Kier alpha value is -7.71. The molecule has 1 aromatic heterocycles. The van der Waals surface area contributed by atoms with Crippen molar-refractivity contribution in [3.63, 3.8) is 0 Å². The van der Waals surface area contributed by atoms with Gasteiger partial charge in [0.2, 0.25) is 11.8 Å². The molecular formula is C57H55Br2N9O8. The van der Waals surface area contributed by atoms with Gasteiger partial charge in [-0.3, -0.25) is 33.8 Å². The largest absolute Gasteiger partial charge is 0.496 e. The van der Waals surface area contributed by atoms with Gasteiger partial charge in [-0.25, -0.2) is 0 Å². The summed E-state index contributed by atoms with van der Waals surface area (Å²) < 4.78 is 13.4. The van der Waals surface area contributed by atoms with Crippen LogP contribution in [0, 0.1) is 0 Å². The van der Waals surface area contributed by atoms with Crippen LogP contribution in [0.3, 0.4) is 0 Å². The minimum atomic E-state index is -1.21. The number of pyridine rings is 1. The van der Waals surface area contributed by atoms with Crippen LogP contribution in [0.25, 0.3) is 21.5 Å². The molecule has 0 fully saturated rings. The average Bonchev–Trinajstić information content (AvgIpc) is 3.62. The van der Waals surface area contributed by atoms with Gasteiger partial charge in [-0.15, -0.1) is 0 Å². The molecule has 19 heteroatoms. The molecule has 6 aromatic carbocycles. The Bertz CT molecular complexity index is 3210. The summed E-state index contributed by atoms with van der Waals surface area (Å²) in [7, 11) is 6.39. The van der Waals surface area contributed by atoms with Crippen molar-refractivity contribution in [1.29, 1.82) is 0 Å². The highest BCUT2D eigenvalue weighted by Crippen LogP contribution is 2.40. The smallest absolute Gasteiger partial charge is 0.277 e. The highest BCUT2D eigenvalue weighted by molar-refractivity contribution is 9.10. The maximum absolute atomic E-state index is 15.0. The molecule has 2 aliphatic heterocycles. The van der Waals surface area contributed by atoms with Crippen LogP contribution in [-0.4, -0.2) is 106 Å². The predicted molar refractivity (Wildman–Crippen MR) is 300 cm³/mol. The van der Waals surface area contributed by atoms with Crippen LogP contribution in [0.5, 0.6) is 11.5 Å². The van der Waals surface area contributed by atoms with Crippen LogP contribution >= 0.6 is 31.9 Å². The molecule has 0 aliphatic carbocycles. The summed E-state index contributed by atoms with van der Waals surface area (Å²) >= 11 is 7.13. The standard InChI is InChI=1S/C57H55Br2N9O8/c1-32(60-3)52(69)63-44-30-67(48-13-9-7-11-46(48)65(56(44)73)28-41-39-20-18-37(58)25-34(39)16-23-50(41)75-5)54(71)36-15-22-43(62-27-36)55(72)68-31-45(64-53(70)33(2)61-4)57(74)66(47-12-8-10-14-49(47)68)29-42-40-21-19-38(59)26-35(40)17-24-51(42)76-6/h7-27,32-33,44-45,60-61H,28-31H2,1-6H3,(H,63,69)(H,64,70). The fraction of sp³-hybridized carbons (Fsp3) is 0.246. The van der Waals surface area contributed by atoms with Gasteiger partial charge in [0.1, 0.15) is 29.3 Å². The highest BCUT2D eigenvalue weighted by Gasteiger charge is 2.41. The molecule has 0 saturated carbocycles. The zero-order valence-corrected chi connectivity index (χ0v) is 45.7. The Morgan fingerprint density at radius 2 is 1.03 bits per heavy atom. The number of aromatic nitrogens is 1. The molecule has 2 aliphatic rings. The second-order valence-electron chi connectivity index (χ2n) is 18.5. The van der Waals surface area contributed by atoms with Gasteiger partial charge >= 0.3 is 0 Å². The summed E-state index contributed by atoms with van der Waals surface area (Å²) in [6, 6.07) is 32.4. The number of likely N-dealkylation sites (N-methyl/N-ethyl adjacent to an activating group) is 2. The molecule has 4 N–H and O–H groups in total. The van der Waals surface area contributed by atoms with Gasteiger partial charge in [0, 0.05) is 26.3 Å². The topological polar surface area (TPSA) is 195 Å². The normalized spacial score (nSPS) is 16.3. The first-order valence-electron chi connectivity index (χ1n) is 24.5. The molecule has 7 aromatic rings. The lowest BCUT2D eigenvalue weighted by Gasteiger charge is -2.27. The Morgan fingerprint density at radius 1 is 0.592 bits per heavy atom. The summed E-state index contributed by atoms with van der Waals surface area (Å²) in [5, 5.41) is 15.1. The Kier molecular flexibility index (Phi) is 15.8. The molecule has 9 rings (SSSR count). The second kappa shape index (κ2) is 22.6. The SMILES string of the molecule is CNC(C)C(=O)NC1CN(C(=O)c2ccc(C(=O)N3CC(NC(=O)C(C)NC)C(=O)N(Cc4c(OC)ccc5cc(Br)ccc45)c4ccccc43)nc2)c2ccccc2N(Cc2c(OC)ccc3cc(Br)ccc23)C1=O. The second-order valence-corrected chi connectivity index (χ2v) is 20.3. The Balaban J connectivity index is 1.07. The maximum atomic E-state index is 15.0. The van der Waals surface area contributed by atoms with E-state index < -0.39 is 59.6 Å². The van der Waals surface area contributed by atoms with Crippen molar-refractivity contribution in [3.05, 3.63) is 159 Å². The molecule has 4 unspecified atom stereocenters. The number of rotatable bonds is 14. The van der Waals surface area contributed by atoms with Crippen LogP contribution < -0.4 is 50.3 Å². The molecular weight excluding hydrogens is 1100 g/mol. The van der Waals surface area contributed by atoms with Crippen molar-refractivity contribution < 1.29 is 38.2 Å². The number of nitrogens with one attached hydrogen (secondary N) is 4. The molecule has 17 nitrogen and oxygen atoms in total. The minimum Gasteiger partial charge on any atom is -0.496 e. The molecule has 0 saturated heterocycles. The van der Waals surface area contributed by atoms with Crippen LogP contribution in [0.15, 0.2) is 136 Å². The zero-order chi connectivity index (χ0) is 53.9. The number of benzene rings is 6. The lowest BCUT2D eigenvalue weighted by molar-refractivity contribution is -0.128. The summed E-state index contributed by atoms with van der Waals surface area (Å²) in [5.41, 5.74) is 3.07. The molecule has 6 amide bonds. The van der Waals surface area contributed by atoms with E-state index in [1.807, 2.05) is 60.7 Å². The fourth-order valence-corrected chi connectivity index (χ4v) is 10.4. The van der Waals surface area contributed by atoms with E-state index in [1.54, 1.807) is 100 Å². The van der Waals surface area contributed by atoms with Gasteiger partial charge in [0.15, 0.2) is 0 Å². The number of amides is 6. The van der Waals surface area contributed by atoms with Gasteiger partial charge in [-0.2, -0.15) is 0 Å². The summed E-state index contributed by atoms with van der Waals surface area (Å²) in [5.74, 6) is -1.87. The van der Waals surface area contributed by atoms with E-state index in [-0.39, 0.29) is 37.4 Å². The third-order valence-corrected chi connectivity index (χ3v) is 15.0. The third kappa shape index (κ3) is 10.5. The first kappa shape index (κ1) is 53.1. The van der Waals surface area contributed by atoms with Gasteiger partial charge < -0.3 is 50.3 Å². The van der Waals surface area contributed by atoms with Crippen molar-refractivity contribution >= 4 is 112 Å². The molecule has 0 radical (unpaired) electrons. The number of carbonyl (C=O) groups excluding carboxylic acids is 6. The van der Waals surface area contributed by atoms with E-state index >= 15 is 4.79 Å². The molecule has 4 atom stereocenters.